The summed E-state index contributed by atoms with van der Waals surface area (Å²) in [5.41, 5.74) is 3.08. The van der Waals surface area contributed by atoms with E-state index in [2.05, 4.69) is 17.1 Å². The molecule has 2 amide bonds. The molecule has 3 rings (SSSR count). The maximum Gasteiger partial charge on any atom is 0.270 e. The Hall–Kier alpha value is -2.44. The Labute approximate surface area is 170 Å². The first kappa shape index (κ1) is 20.3. The van der Waals surface area contributed by atoms with Crippen LogP contribution in [0.1, 0.15) is 33.3 Å². The molecule has 5 nitrogen and oxygen atoms in total. The van der Waals surface area contributed by atoms with Gasteiger partial charge in [-0.25, -0.2) is 0 Å². The Morgan fingerprint density at radius 2 is 1.86 bits per heavy atom. The number of benzene rings is 1. The molecule has 1 aliphatic heterocycles. The lowest BCUT2D eigenvalue weighted by Gasteiger charge is -2.34. The SMILES string of the molecule is CCN1CCN(C(=O)C(=Cc2cccs2)NC(=O)c2ccc(C)c(C)c2)CC1. The minimum Gasteiger partial charge on any atom is -0.335 e. The molecular formula is C22H27N3O2S. The summed E-state index contributed by atoms with van der Waals surface area (Å²) < 4.78 is 0. The Morgan fingerprint density at radius 1 is 1.11 bits per heavy atom. The standard InChI is InChI=1S/C22H27N3O2S/c1-4-24-9-11-25(12-10-24)22(27)20(15-19-6-5-13-28-19)23-21(26)18-8-7-16(2)17(3)14-18/h5-8,13-15H,4,9-12H2,1-3H3,(H,23,26). The van der Waals surface area contributed by atoms with Crippen LogP contribution in [0, 0.1) is 13.8 Å². The molecule has 148 valence electrons. The molecule has 0 bridgehead atoms. The molecule has 2 heterocycles. The van der Waals surface area contributed by atoms with Gasteiger partial charge in [-0.3, -0.25) is 9.59 Å². The van der Waals surface area contributed by atoms with Crippen LogP contribution in [-0.4, -0.2) is 54.3 Å². The molecule has 0 unspecified atom stereocenters. The average molecular weight is 398 g/mol. The number of amides is 2. The largest absolute Gasteiger partial charge is 0.335 e. The van der Waals surface area contributed by atoms with E-state index in [-0.39, 0.29) is 11.8 Å². The summed E-state index contributed by atoms with van der Waals surface area (Å²) in [6.07, 6.45) is 1.78. The molecule has 0 spiro atoms. The third-order valence-corrected chi connectivity index (χ3v) is 6.00. The van der Waals surface area contributed by atoms with Crippen LogP contribution in [0.25, 0.3) is 6.08 Å². The predicted octanol–water partition coefficient (Wildman–Crippen LogP) is 3.30. The fourth-order valence-corrected chi connectivity index (χ4v) is 3.84. The molecule has 0 atom stereocenters. The number of rotatable bonds is 5. The number of nitrogens with one attached hydrogen (secondary N) is 1. The molecule has 1 aromatic carbocycles. The van der Waals surface area contributed by atoms with Crippen molar-refractivity contribution in [2.45, 2.75) is 20.8 Å². The second-order valence-corrected chi connectivity index (χ2v) is 8.03. The van der Waals surface area contributed by atoms with Gasteiger partial charge in [0.05, 0.1) is 0 Å². The van der Waals surface area contributed by atoms with E-state index < -0.39 is 0 Å². The van der Waals surface area contributed by atoms with Gasteiger partial charge in [0, 0.05) is 36.6 Å². The van der Waals surface area contributed by atoms with Crippen molar-refractivity contribution in [3.63, 3.8) is 0 Å². The molecule has 0 aliphatic carbocycles. The maximum absolute atomic E-state index is 13.1. The third kappa shape index (κ3) is 4.88. The Bertz CT molecular complexity index is 866. The van der Waals surface area contributed by atoms with Crippen LogP contribution in [0.3, 0.4) is 0 Å². The second kappa shape index (κ2) is 9.17. The fraction of sp³-hybridized carbons (Fsp3) is 0.364. The molecule has 1 saturated heterocycles. The van der Waals surface area contributed by atoms with Crippen molar-refractivity contribution >= 4 is 29.2 Å². The Balaban J connectivity index is 1.80. The summed E-state index contributed by atoms with van der Waals surface area (Å²) in [5, 5.41) is 4.82. The molecular weight excluding hydrogens is 370 g/mol. The number of thiophene rings is 1. The zero-order valence-electron chi connectivity index (χ0n) is 16.7. The van der Waals surface area contributed by atoms with Gasteiger partial charge in [-0.15, -0.1) is 11.3 Å². The van der Waals surface area contributed by atoms with Crippen LogP contribution in [0.2, 0.25) is 0 Å². The van der Waals surface area contributed by atoms with Crippen molar-refractivity contribution in [3.05, 3.63) is 63.0 Å². The minimum absolute atomic E-state index is 0.124. The monoisotopic (exact) mass is 397 g/mol. The molecule has 1 fully saturated rings. The maximum atomic E-state index is 13.1. The minimum atomic E-state index is -0.258. The zero-order chi connectivity index (χ0) is 20.1. The van der Waals surface area contributed by atoms with Crippen molar-refractivity contribution in [1.29, 1.82) is 0 Å². The molecule has 1 aromatic heterocycles. The first-order chi connectivity index (χ1) is 13.5. The molecule has 1 N–H and O–H groups in total. The molecule has 0 saturated carbocycles. The highest BCUT2D eigenvalue weighted by Gasteiger charge is 2.24. The fourth-order valence-electron chi connectivity index (χ4n) is 3.18. The number of carbonyl (C=O) groups excluding carboxylic acids is 2. The van der Waals surface area contributed by atoms with E-state index >= 15 is 0 Å². The van der Waals surface area contributed by atoms with Crippen molar-refractivity contribution in [2.75, 3.05) is 32.7 Å². The Morgan fingerprint density at radius 3 is 2.46 bits per heavy atom. The number of piperazine rings is 1. The van der Waals surface area contributed by atoms with Crippen molar-refractivity contribution in [3.8, 4) is 0 Å². The van der Waals surface area contributed by atoms with E-state index in [0.29, 0.717) is 24.4 Å². The average Bonchev–Trinajstić information content (AvgIpc) is 3.22. The van der Waals surface area contributed by atoms with E-state index in [4.69, 9.17) is 0 Å². The summed E-state index contributed by atoms with van der Waals surface area (Å²) in [6, 6.07) is 9.46. The van der Waals surface area contributed by atoms with Gasteiger partial charge in [-0.1, -0.05) is 19.1 Å². The Kier molecular flexibility index (Phi) is 6.65. The van der Waals surface area contributed by atoms with Crippen molar-refractivity contribution in [2.24, 2.45) is 0 Å². The van der Waals surface area contributed by atoms with Gasteiger partial charge in [0.15, 0.2) is 0 Å². The summed E-state index contributed by atoms with van der Waals surface area (Å²) in [6.45, 7) is 10.2. The predicted molar refractivity (Wildman–Crippen MR) is 114 cm³/mol. The van der Waals surface area contributed by atoms with E-state index in [1.807, 2.05) is 48.4 Å². The lowest BCUT2D eigenvalue weighted by Crippen LogP contribution is -2.50. The van der Waals surface area contributed by atoms with Gasteiger partial charge in [-0.2, -0.15) is 0 Å². The lowest BCUT2D eigenvalue weighted by atomic mass is 10.1. The van der Waals surface area contributed by atoms with Gasteiger partial charge in [-0.05, 0) is 61.2 Å². The molecule has 0 radical (unpaired) electrons. The number of hydrogen-bond donors (Lipinski definition) is 1. The lowest BCUT2D eigenvalue weighted by molar-refractivity contribution is -0.129. The van der Waals surface area contributed by atoms with E-state index in [1.165, 1.54) is 11.3 Å². The van der Waals surface area contributed by atoms with Gasteiger partial charge < -0.3 is 15.1 Å². The van der Waals surface area contributed by atoms with Gasteiger partial charge in [0.2, 0.25) is 0 Å². The highest BCUT2D eigenvalue weighted by molar-refractivity contribution is 7.10. The quantitative estimate of drug-likeness (QED) is 0.788. The summed E-state index contributed by atoms with van der Waals surface area (Å²) >= 11 is 1.54. The molecule has 6 heteroatoms. The zero-order valence-corrected chi connectivity index (χ0v) is 17.5. The molecule has 28 heavy (non-hydrogen) atoms. The van der Waals surface area contributed by atoms with Crippen molar-refractivity contribution < 1.29 is 9.59 Å². The highest BCUT2D eigenvalue weighted by atomic mass is 32.1. The van der Waals surface area contributed by atoms with Crippen LogP contribution in [-0.2, 0) is 4.79 Å². The van der Waals surface area contributed by atoms with Crippen LogP contribution < -0.4 is 5.32 Å². The van der Waals surface area contributed by atoms with E-state index in [0.717, 1.165) is 35.6 Å². The molecule has 2 aromatic rings. The first-order valence-electron chi connectivity index (χ1n) is 9.63. The number of likely N-dealkylation sites (N-methyl/N-ethyl adjacent to an activating group) is 1. The summed E-state index contributed by atoms with van der Waals surface area (Å²) in [4.78, 5) is 31.0. The smallest absolute Gasteiger partial charge is 0.270 e. The van der Waals surface area contributed by atoms with Crippen LogP contribution in [0.15, 0.2) is 41.4 Å². The van der Waals surface area contributed by atoms with Crippen molar-refractivity contribution in [1.82, 2.24) is 15.1 Å². The first-order valence-corrected chi connectivity index (χ1v) is 10.5. The number of hydrogen-bond acceptors (Lipinski definition) is 4. The van der Waals surface area contributed by atoms with Gasteiger partial charge in [0.25, 0.3) is 11.8 Å². The van der Waals surface area contributed by atoms with E-state index in [9.17, 15) is 9.59 Å². The molecule has 1 aliphatic rings. The number of carbonyl (C=O) groups is 2. The van der Waals surface area contributed by atoms with Crippen LogP contribution in [0.4, 0.5) is 0 Å². The van der Waals surface area contributed by atoms with E-state index in [1.54, 1.807) is 12.1 Å². The normalized spacial score (nSPS) is 15.5. The van der Waals surface area contributed by atoms with Crippen LogP contribution in [0.5, 0.6) is 0 Å². The second-order valence-electron chi connectivity index (χ2n) is 7.05. The summed E-state index contributed by atoms with van der Waals surface area (Å²) in [7, 11) is 0. The van der Waals surface area contributed by atoms with Gasteiger partial charge >= 0.3 is 0 Å². The summed E-state index contributed by atoms with van der Waals surface area (Å²) in [5.74, 6) is -0.382. The third-order valence-electron chi connectivity index (χ3n) is 5.18. The topological polar surface area (TPSA) is 52.6 Å². The highest BCUT2D eigenvalue weighted by Crippen LogP contribution is 2.16. The number of aryl methyl sites for hydroxylation is 2. The number of nitrogens with zero attached hydrogens (tertiary/aromatic N) is 2. The van der Waals surface area contributed by atoms with Crippen LogP contribution >= 0.6 is 11.3 Å². The van der Waals surface area contributed by atoms with Gasteiger partial charge in [0.1, 0.15) is 5.70 Å².